The Balaban J connectivity index is 2.11. The first-order chi connectivity index (χ1) is 9.31. The molecule has 0 spiro atoms. The molecule has 0 aliphatic carbocycles. The van der Waals surface area contributed by atoms with Gasteiger partial charge in [0, 0.05) is 0 Å². The number of carbonyl (C=O) groups is 1. The highest BCUT2D eigenvalue weighted by Crippen LogP contribution is 2.07. The van der Waals surface area contributed by atoms with Crippen molar-refractivity contribution in [3.8, 4) is 0 Å². The highest BCUT2D eigenvalue weighted by Gasteiger charge is 2.07. The monoisotopic (exact) mass is 253 g/mol. The predicted octanol–water partition coefficient (Wildman–Crippen LogP) is 3.66. The summed E-state index contributed by atoms with van der Waals surface area (Å²) in [5.41, 5.74) is 2.21. The first-order valence-electron chi connectivity index (χ1n) is 6.20. The molecule has 0 aliphatic heterocycles. The Morgan fingerprint density at radius 3 is 2.00 bits per heavy atom. The summed E-state index contributed by atoms with van der Waals surface area (Å²) in [6.45, 7) is 1.97. The van der Waals surface area contributed by atoms with E-state index in [0.717, 1.165) is 11.3 Å². The smallest absolute Gasteiger partial charge is 0.313 e. The van der Waals surface area contributed by atoms with Crippen molar-refractivity contribution in [1.82, 2.24) is 0 Å². The first-order valence-corrected chi connectivity index (χ1v) is 6.20. The van der Waals surface area contributed by atoms with Gasteiger partial charge in [0.05, 0.1) is 11.3 Å². The van der Waals surface area contributed by atoms with E-state index in [1.54, 1.807) is 24.3 Å². The molecule has 0 aliphatic rings. The van der Waals surface area contributed by atoms with Crippen molar-refractivity contribution in [2.75, 3.05) is 0 Å². The molecule has 0 atom stereocenters. The van der Waals surface area contributed by atoms with Crippen LogP contribution in [0.3, 0.4) is 0 Å². The van der Waals surface area contributed by atoms with Crippen molar-refractivity contribution in [2.24, 2.45) is 5.16 Å². The molecule has 0 saturated carbocycles. The molecule has 0 fully saturated rings. The molecule has 0 bridgehead atoms. The normalized spacial score (nSPS) is 11.1. The Hall–Kier alpha value is -2.42. The van der Waals surface area contributed by atoms with E-state index in [0.29, 0.717) is 12.0 Å². The maximum atomic E-state index is 11.8. The molecule has 2 rings (SSSR count). The van der Waals surface area contributed by atoms with Crippen molar-refractivity contribution in [1.29, 1.82) is 0 Å². The SMILES string of the molecule is CC/C(=N\OC(=O)c1ccccc1)c1ccccc1. The van der Waals surface area contributed by atoms with Crippen LogP contribution >= 0.6 is 0 Å². The third-order valence-electron chi connectivity index (χ3n) is 2.69. The van der Waals surface area contributed by atoms with Crippen LogP contribution in [0.1, 0.15) is 29.3 Å². The second-order valence-electron chi connectivity index (χ2n) is 4.00. The van der Waals surface area contributed by atoms with Crippen LogP contribution in [0.15, 0.2) is 65.8 Å². The van der Waals surface area contributed by atoms with Crippen molar-refractivity contribution in [3.63, 3.8) is 0 Å². The Labute approximate surface area is 112 Å². The van der Waals surface area contributed by atoms with Gasteiger partial charge in [-0.25, -0.2) is 4.79 Å². The Morgan fingerprint density at radius 2 is 1.47 bits per heavy atom. The summed E-state index contributed by atoms with van der Waals surface area (Å²) in [6.07, 6.45) is 0.700. The summed E-state index contributed by atoms with van der Waals surface area (Å²) in [5.74, 6) is -0.442. The summed E-state index contributed by atoms with van der Waals surface area (Å²) in [4.78, 5) is 16.8. The van der Waals surface area contributed by atoms with E-state index in [9.17, 15) is 4.79 Å². The highest BCUT2D eigenvalue weighted by atomic mass is 16.7. The molecule has 19 heavy (non-hydrogen) atoms. The fourth-order valence-electron chi connectivity index (χ4n) is 1.68. The van der Waals surface area contributed by atoms with Crippen LogP contribution in [-0.4, -0.2) is 11.7 Å². The molecular formula is C16H15NO2. The van der Waals surface area contributed by atoms with Gasteiger partial charge in [0.1, 0.15) is 0 Å². The Bertz CT molecular complexity index is 562. The minimum absolute atomic E-state index is 0.442. The van der Waals surface area contributed by atoms with Gasteiger partial charge in [-0.3, -0.25) is 0 Å². The van der Waals surface area contributed by atoms with Crippen LogP contribution in [0.25, 0.3) is 0 Å². The molecule has 0 radical (unpaired) electrons. The topological polar surface area (TPSA) is 38.7 Å². The van der Waals surface area contributed by atoms with E-state index in [2.05, 4.69) is 5.16 Å². The largest absolute Gasteiger partial charge is 0.365 e. The molecule has 0 N–H and O–H groups in total. The third kappa shape index (κ3) is 3.52. The van der Waals surface area contributed by atoms with Gasteiger partial charge in [-0.1, -0.05) is 60.6 Å². The van der Waals surface area contributed by atoms with E-state index >= 15 is 0 Å². The molecule has 2 aromatic rings. The van der Waals surface area contributed by atoms with Gasteiger partial charge in [0.25, 0.3) is 0 Å². The first kappa shape index (κ1) is 13.0. The summed E-state index contributed by atoms with van der Waals surface area (Å²) in [5, 5.41) is 3.96. The number of oxime groups is 1. The van der Waals surface area contributed by atoms with E-state index in [-0.39, 0.29) is 0 Å². The lowest BCUT2D eigenvalue weighted by molar-refractivity contribution is 0.0516. The van der Waals surface area contributed by atoms with Gasteiger partial charge in [0.15, 0.2) is 0 Å². The van der Waals surface area contributed by atoms with Crippen LogP contribution in [0.5, 0.6) is 0 Å². The second-order valence-corrected chi connectivity index (χ2v) is 4.00. The van der Waals surface area contributed by atoms with Crippen LogP contribution in [-0.2, 0) is 4.84 Å². The van der Waals surface area contributed by atoms with Gasteiger partial charge < -0.3 is 4.84 Å². The number of carbonyl (C=O) groups excluding carboxylic acids is 1. The zero-order chi connectivity index (χ0) is 13.5. The van der Waals surface area contributed by atoms with Crippen LogP contribution in [0, 0.1) is 0 Å². The maximum absolute atomic E-state index is 11.8. The van der Waals surface area contributed by atoms with Crippen LogP contribution in [0.2, 0.25) is 0 Å². The van der Waals surface area contributed by atoms with Crippen LogP contribution in [0.4, 0.5) is 0 Å². The molecule has 0 aromatic heterocycles. The number of benzene rings is 2. The Morgan fingerprint density at radius 1 is 0.947 bits per heavy atom. The molecule has 0 unspecified atom stereocenters. The standard InChI is InChI=1S/C16H15NO2/c1-2-15(13-9-5-3-6-10-13)17-19-16(18)14-11-7-4-8-12-14/h3-12H,2H2,1H3/b17-15+. The lowest BCUT2D eigenvalue weighted by Crippen LogP contribution is -2.05. The maximum Gasteiger partial charge on any atom is 0.365 e. The fourth-order valence-corrected chi connectivity index (χ4v) is 1.68. The molecule has 0 amide bonds. The zero-order valence-corrected chi connectivity index (χ0v) is 10.7. The molecule has 2 aromatic carbocycles. The molecule has 3 nitrogen and oxygen atoms in total. The quantitative estimate of drug-likeness (QED) is 0.474. The second kappa shape index (κ2) is 6.50. The minimum atomic E-state index is -0.442. The highest BCUT2D eigenvalue weighted by molar-refractivity contribution is 6.00. The van der Waals surface area contributed by atoms with Crippen molar-refractivity contribution in [3.05, 3.63) is 71.8 Å². The Kier molecular flexibility index (Phi) is 4.45. The third-order valence-corrected chi connectivity index (χ3v) is 2.69. The number of hydrogen-bond acceptors (Lipinski definition) is 3. The summed E-state index contributed by atoms with van der Waals surface area (Å²) in [6, 6.07) is 18.5. The van der Waals surface area contributed by atoms with E-state index in [4.69, 9.17) is 4.84 Å². The average Bonchev–Trinajstić information content (AvgIpc) is 2.49. The fraction of sp³-hybridized carbons (Fsp3) is 0.125. The van der Waals surface area contributed by atoms with E-state index in [1.807, 2.05) is 43.3 Å². The van der Waals surface area contributed by atoms with Crippen molar-refractivity contribution in [2.45, 2.75) is 13.3 Å². The average molecular weight is 253 g/mol. The molecule has 0 saturated heterocycles. The number of hydrogen-bond donors (Lipinski definition) is 0. The molecular weight excluding hydrogens is 238 g/mol. The van der Waals surface area contributed by atoms with E-state index < -0.39 is 5.97 Å². The van der Waals surface area contributed by atoms with Gasteiger partial charge in [0.2, 0.25) is 0 Å². The molecule has 0 heterocycles. The van der Waals surface area contributed by atoms with Gasteiger partial charge in [-0.2, -0.15) is 0 Å². The predicted molar refractivity (Wildman–Crippen MR) is 75.1 cm³/mol. The lowest BCUT2D eigenvalue weighted by atomic mass is 10.1. The summed E-state index contributed by atoms with van der Waals surface area (Å²) < 4.78 is 0. The van der Waals surface area contributed by atoms with Gasteiger partial charge in [-0.15, -0.1) is 0 Å². The van der Waals surface area contributed by atoms with Gasteiger partial charge >= 0.3 is 5.97 Å². The molecule has 96 valence electrons. The summed E-state index contributed by atoms with van der Waals surface area (Å²) in [7, 11) is 0. The number of nitrogens with zero attached hydrogens (tertiary/aromatic N) is 1. The van der Waals surface area contributed by atoms with Crippen molar-refractivity contribution < 1.29 is 9.63 Å². The van der Waals surface area contributed by atoms with Crippen molar-refractivity contribution >= 4 is 11.7 Å². The minimum Gasteiger partial charge on any atom is -0.313 e. The summed E-state index contributed by atoms with van der Waals surface area (Å²) >= 11 is 0. The van der Waals surface area contributed by atoms with Gasteiger partial charge in [-0.05, 0) is 24.1 Å². The van der Waals surface area contributed by atoms with Crippen LogP contribution < -0.4 is 0 Å². The van der Waals surface area contributed by atoms with E-state index in [1.165, 1.54) is 0 Å². The lowest BCUT2D eigenvalue weighted by Gasteiger charge is -2.03. The number of rotatable bonds is 4. The molecule has 3 heteroatoms. The zero-order valence-electron chi connectivity index (χ0n) is 10.7.